The Morgan fingerprint density at radius 1 is 0.840 bits per heavy atom. The van der Waals surface area contributed by atoms with Crippen molar-refractivity contribution in [3.05, 3.63) is 48.3 Å². The van der Waals surface area contributed by atoms with Gasteiger partial charge in [-0.15, -0.1) is 0 Å². The quantitative estimate of drug-likeness (QED) is 0.164. The molecule has 0 aliphatic carbocycles. The number of rotatable bonds is 14. The molecule has 0 aromatic heterocycles. The second-order valence-electron chi connectivity index (χ2n) is 5.99. The largest absolute Gasteiger partial charge is 0.508 e. The SMILES string of the molecule is CCCCCC(O)C(O)CCCCC=C(O)C=CC=CC=CC(=O)O. The van der Waals surface area contributed by atoms with Crippen LogP contribution < -0.4 is 0 Å². The van der Waals surface area contributed by atoms with Crippen molar-refractivity contribution in [2.75, 3.05) is 0 Å². The lowest BCUT2D eigenvalue weighted by atomic mass is 10.0. The van der Waals surface area contributed by atoms with Gasteiger partial charge in [-0.25, -0.2) is 4.79 Å². The van der Waals surface area contributed by atoms with Crippen molar-refractivity contribution in [3.8, 4) is 0 Å². The molecule has 25 heavy (non-hydrogen) atoms. The Hall–Kier alpha value is -1.85. The maximum absolute atomic E-state index is 10.2. The number of aliphatic hydroxyl groups excluding tert-OH is 3. The summed E-state index contributed by atoms with van der Waals surface area (Å²) < 4.78 is 0. The molecule has 0 aromatic rings. The van der Waals surface area contributed by atoms with E-state index < -0.39 is 18.2 Å². The number of carbonyl (C=O) groups is 1. The van der Waals surface area contributed by atoms with Crippen LogP contribution in [0.3, 0.4) is 0 Å². The van der Waals surface area contributed by atoms with Gasteiger partial charge < -0.3 is 20.4 Å². The van der Waals surface area contributed by atoms with Gasteiger partial charge in [-0.3, -0.25) is 0 Å². The topological polar surface area (TPSA) is 98.0 Å². The molecule has 0 bridgehead atoms. The van der Waals surface area contributed by atoms with E-state index in [4.69, 9.17) is 5.11 Å². The second-order valence-corrected chi connectivity index (χ2v) is 5.99. The summed E-state index contributed by atoms with van der Waals surface area (Å²) in [6.07, 6.45) is 15.8. The summed E-state index contributed by atoms with van der Waals surface area (Å²) in [7, 11) is 0. The fourth-order valence-electron chi connectivity index (χ4n) is 2.22. The first-order valence-electron chi connectivity index (χ1n) is 8.97. The lowest BCUT2D eigenvalue weighted by molar-refractivity contribution is -0.131. The number of aliphatic hydroxyl groups is 3. The second kappa shape index (κ2) is 15.7. The highest BCUT2D eigenvalue weighted by Gasteiger charge is 2.14. The van der Waals surface area contributed by atoms with E-state index in [-0.39, 0.29) is 5.76 Å². The molecule has 0 heterocycles. The van der Waals surface area contributed by atoms with Gasteiger partial charge >= 0.3 is 5.97 Å². The molecule has 2 atom stereocenters. The number of allylic oxidation sites excluding steroid dienone is 6. The minimum absolute atomic E-state index is 0.145. The molecule has 0 spiro atoms. The first-order chi connectivity index (χ1) is 12.0. The van der Waals surface area contributed by atoms with Crippen LogP contribution in [0.4, 0.5) is 0 Å². The lowest BCUT2D eigenvalue weighted by Gasteiger charge is -2.17. The summed E-state index contributed by atoms with van der Waals surface area (Å²) in [5.41, 5.74) is 0. The Labute approximate surface area is 150 Å². The summed E-state index contributed by atoms with van der Waals surface area (Å²) in [6.45, 7) is 2.10. The molecule has 0 aliphatic rings. The van der Waals surface area contributed by atoms with Crippen LogP contribution in [0.15, 0.2) is 48.3 Å². The Kier molecular flexibility index (Phi) is 14.5. The van der Waals surface area contributed by atoms with Gasteiger partial charge in [0.15, 0.2) is 0 Å². The van der Waals surface area contributed by atoms with Crippen LogP contribution in [0.25, 0.3) is 0 Å². The number of unbranched alkanes of at least 4 members (excludes halogenated alkanes) is 4. The molecule has 5 nitrogen and oxygen atoms in total. The van der Waals surface area contributed by atoms with Crippen LogP contribution in [-0.4, -0.2) is 38.6 Å². The van der Waals surface area contributed by atoms with Gasteiger partial charge in [0.1, 0.15) is 5.76 Å². The highest BCUT2D eigenvalue weighted by molar-refractivity contribution is 5.80. The average molecular weight is 352 g/mol. The van der Waals surface area contributed by atoms with Crippen molar-refractivity contribution in [2.45, 2.75) is 70.5 Å². The molecule has 4 N–H and O–H groups in total. The molecular weight excluding hydrogens is 320 g/mol. The highest BCUT2D eigenvalue weighted by atomic mass is 16.4. The number of hydrogen-bond acceptors (Lipinski definition) is 4. The van der Waals surface area contributed by atoms with Gasteiger partial charge in [0, 0.05) is 6.08 Å². The van der Waals surface area contributed by atoms with Gasteiger partial charge in [-0.1, -0.05) is 56.9 Å². The molecule has 0 rings (SSSR count). The monoisotopic (exact) mass is 352 g/mol. The van der Waals surface area contributed by atoms with Gasteiger partial charge in [0.05, 0.1) is 12.2 Å². The van der Waals surface area contributed by atoms with Crippen LogP contribution in [-0.2, 0) is 4.79 Å². The molecule has 0 saturated heterocycles. The van der Waals surface area contributed by atoms with Crippen molar-refractivity contribution < 1.29 is 25.2 Å². The Bertz CT molecular complexity index is 463. The van der Waals surface area contributed by atoms with Crippen molar-refractivity contribution in [1.82, 2.24) is 0 Å². The van der Waals surface area contributed by atoms with E-state index in [1.807, 2.05) is 0 Å². The molecule has 0 saturated carbocycles. The zero-order valence-corrected chi connectivity index (χ0v) is 15.1. The van der Waals surface area contributed by atoms with E-state index in [0.29, 0.717) is 19.3 Å². The highest BCUT2D eigenvalue weighted by Crippen LogP contribution is 2.13. The van der Waals surface area contributed by atoms with E-state index in [1.165, 1.54) is 12.2 Å². The van der Waals surface area contributed by atoms with Crippen molar-refractivity contribution in [1.29, 1.82) is 0 Å². The van der Waals surface area contributed by atoms with Gasteiger partial charge in [0.25, 0.3) is 0 Å². The Morgan fingerprint density at radius 2 is 1.40 bits per heavy atom. The van der Waals surface area contributed by atoms with Crippen molar-refractivity contribution >= 4 is 5.97 Å². The van der Waals surface area contributed by atoms with E-state index in [2.05, 4.69) is 6.92 Å². The number of hydrogen-bond donors (Lipinski definition) is 4. The normalized spacial score (nSPS) is 15.4. The van der Waals surface area contributed by atoms with E-state index in [9.17, 15) is 20.1 Å². The third-order valence-electron chi connectivity index (χ3n) is 3.69. The molecule has 0 amide bonds. The first-order valence-corrected chi connectivity index (χ1v) is 8.97. The fraction of sp³-hybridized carbons (Fsp3) is 0.550. The minimum Gasteiger partial charge on any atom is -0.508 e. The van der Waals surface area contributed by atoms with E-state index >= 15 is 0 Å². The molecule has 142 valence electrons. The molecule has 0 fully saturated rings. The summed E-state index contributed by atoms with van der Waals surface area (Å²) >= 11 is 0. The zero-order chi connectivity index (χ0) is 18.9. The third kappa shape index (κ3) is 15.4. The third-order valence-corrected chi connectivity index (χ3v) is 3.69. The van der Waals surface area contributed by atoms with Crippen molar-refractivity contribution in [3.63, 3.8) is 0 Å². The number of carboxylic acid groups (broad SMARTS) is 1. The maximum Gasteiger partial charge on any atom is 0.328 e. The molecule has 0 radical (unpaired) electrons. The smallest absolute Gasteiger partial charge is 0.328 e. The van der Waals surface area contributed by atoms with Crippen LogP contribution in [0.2, 0.25) is 0 Å². The van der Waals surface area contributed by atoms with Gasteiger partial charge in [-0.2, -0.15) is 0 Å². The van der Waals surface area contributed by atoms with E-state index in [0.717, 1.165) is 38.2 Å². The number of carboxylic acids is 1. The standard InChI is InChI=1S/C20H32O5/c1-2-3-7-14-18(22)19(23)15-10-6-9-13-17(21)12-8-4-5-11-16-20(24)25/h4-5,8,11-13,16,18-19,21-23H,2-3,6-7,9-10,14-15H2,1H3,(H,24,25). The van der Waals surface area contributed by atoms with Gasteiger partial charge in [-0.05, 0) is 37.8 Å². The van der Waals surface area contributed by atoms with Crippen LogP contribution >= 0.6 is 0 Å². The Morgan fingerprint density at radius 3 is 1.96 bits per heavy atom. The number of aliphatic carboxylic acids is 1. The average Bonchev–Trinajstić information content (AvgIpc) is 2.57. The van der Waals surface area contributed by atoms with Crippen LogP contribution in [0, 0.1) is 0 Å². The molecule has 0 aliphatic heterocycles. The summed E-state index contributed by atoms with van der Waals surface area (Å²) in [5, 5.41) is 37.7. The van der Waals surface area contributed by atoms with Gasteiger partial charge in [0.2, 0.25) is 0 Å². The summed E-state index contributed by atoms with van der Waals surface area (Å²) in [4.78, 5) is 10.2. The Balaban J connectivity index is 3.86. The molecule has 2 unspecified atom stereocenters. The zero-order valence-electron chi connectivity index (χ0n) is 15.1. The van der Waals surface area contributed by atoms with E-state index in [1.54, 1.807) is 24.3 Å². The molecular formula is C20H32O5. The minimum atomic E-state index is -1.00. The van der Waals surface area contributed by atoms with Crippen LogP contribution in [0.1, 0.15) is 58.3 Å². The maximum atomic E-state index is 10.2. The first kappa shape index (κ1) is 23.1. The van der Waals surface area contributed by atoms with Crippen LogP contribution in [0.5, 0.6) is 0 Å². The predicted molar refractivity (Wildman–Crippen MR) is 100 cm³/mol. The predicted octanol–water partition coefficient (Wildman–Crippen LogP) is 4.04. The fourth-order valence-corrected chi connectivity index (χ4v) is 2.22. The molecule has 0 aromatic carbocycles. The molecule has 5 heteroatoms. The summed E-state index contributed by atoms with van der Waals surface area (Å²) in [5.74, 6) is -0.859. The van der Waals surface area contributed by atoms with Crippen molar-refractivity contribution in [2.24, 2.45) is 0 Å². The summed E-state index contributed by atoms with van der Waals surface area (Å²) in [6, 6.07) is 0. The lowest BCUT2D eigenvalue weighted by Crippen LogP contribution is -2.25.